The minimum Gasteiger partial charge on any atom is -0.228 e. The standard InChI is InChI=1S/C60H40N2S/c1-60(45-22-9-4-10-23-45)52-29-15-13-27-49(52)58-50(28-17-30-53(58)60)55-38-54(61-59(62-55)40-20-7-3-8-21-40)44-35-42(41-32-33-57-51(37-41)48-26-14-16-31-56(48)63-57)34-43(36-44)47-25-12-11-24-46(47)39-18-5-2-6-19-39/h2-38H,1H3. The van der Waals surface area contributed by atoms with Gasteiger partial charge in [0.1, 0.15) is 0 Å². The summed E-state index contributed by atoms with van der Waals surface area (Å²) in [7, 11) is 0. The van der Waals surface area contributed by atoms with Crippen LogP contribution in [0, 0.1) is 0 Å². The van der Waals surface area contributed by atoms with Crippen LogP contribution in [0.15, 0.2) is 224 Å². The Labute approximate surface area is 371 Å². The highest BCUT2D eigenvalue weighted by Gasteiger charge is 2.41. The zero-order valence-corrected chi connectivity index (χ0v) is 35.5. The average molecular weight is 821 g/mol. The van der Waals surface area contributed by atoms with Crippen molar-refractivity contribution < 1.29 is 0 Å². The van der Waals surface area contributed by atoms with Gasteiger partial charge in [0.25, 0.3) is 0 Å². The van der Waals surface area contributed by atoms with Crippen molar-refractivity contribution in [1.29, 1.82) is 0 Å². The summed E-state index contributed by atoms with van der Waals surface area (Å²) in [4.78, 5) is 10.9. The Hall–Kier alpha value is -7.72. The fourth-order valence-electron chi connectivity index (χ4n) is 9.89. The van der Waals surface area contributed by atoms with Gasteiger partial charge in [-0.1, -0.05) is 182 Å². The van der Waals surface area contributed by atoms with Gasteiger partial charge in [-0.3, -0.25) is 0 Å². The van der Waals surface area contributed by atoms with E-state index in [0.29, 0.717) is 5.82 Å². The van der Waals surface area contributed by atoms with Crippen LogP contribution >= 0.6 is 11.3 Å². The van der Waals surface area contributed by atoms with Crippen molar-refractivity contribution in [2.75, 3.05) is 0 Å². The van der Waals surface area contributed by atoms with Gasteiger partial charge in [-0.2, -0.15) is 0 Å². The molecule has 0 spiro atoms. The second-order valence-corrected chi connectivity index (χ2v) is 17.7. The van der Waals surface area contributed by atoms with Gasteiger partial charge >= 0.3 is 0 Å². The Morgan fingerprint density at radius 1 is 0.349 bits per heavy atom. The normalized spacial score (nSPS) is 14.2. The van der Waals surface area contributed by atoms with Crippen molar-refractivity contribution in [3.63, 3.8) is 0 Å². The molecular formula is C60H40N2S. The van der Waals surface area contributed by atoms with Crippen LogP contribution in [0.3, 0.4) is 0 Å². The van der Waals surface area contributed by atoms with E-state index in [1.165, 1.54) is 70.2 Å². The molecule has 2 aromatic heterocycles. The van der Waals surface area contributed by atoms with Crippen molar-refractivity contribution in [2.24, 2.45) is 0 Å². The highest BCUT2D eigenvalue weighted by molar-refractivity contribution is 7.25. The topological polar surface area (TPSA) is 25.8 Å². The monoisotopic (exact) mass is 820 g/mol. The molecule has 0 N–H and O–H groups in total. The summed E-state index contributed by atoms with van der Waals surface area (Å²) < 4.78 is 2.59. The number of aromatic nitrogens is 2. The first-order valence-corrected chi connectivity index (χ1v) is 22.4. The maximum Gasteiger partial charge on any atom is 0.160 e. The molecule has 1 unspecified atom stereocenters. The second kappa shape index (κ2) is 15.0. The Morgan fingerprint density at radius 2 is 0.921 bits per heavy atom. The van der Waals surface area contributed by atoms with E-state index in [2.05, 4.69) is 225 Å². The third kappa shape index (κ3) is 6.23. The van der Waals surface area contributed by atoms with Crippen LogP contribution in [0.25, 0.3) is 98.6 Å². The molecular weight excluding hydrogens is 781 g/mol. The fourth-order valence-corrected chi connectivity index (χ4v) is 11.0. The molecule has 1 aliphatic carbocycles. The zero-order chi connectivity index (χ0) is 41.9. The summed E-state index contributed by atoms with van der Waals surface area (Å²) in [5, 5.41) is 2.57. The summed E-state index contributed by atoms with van der Waals surface area (Å²) in [5.41, 5.74) is 17.9. The number of fused-ring (bicyclic) bond motifs is 6. The number of nitrogens with zero attached hydrogens (tertiary/aromatic N) is 2. The predicted molar refractivity (Wildman–Crippen MR) is 265 cm³/mol. The van der Waals surface area contributed by atoms with Crippen LogP contribution in [0.1, 0.15) is 23.6 Å². The van der Waals surface area contributed by atoms with Crippen LogP contribution in [-0.4, -0.2) is 9.97 Å². The first kappa shape index (κ1) is 37.1. The lowest BCUT2D eigenvalue weighted by Gasteiger charge is -2.28. The van der Waals surface area contributed by atoms with E-state index in [1.54, 1.807) is 0 Å². The van der Waals surface area contributed by atoms with Gasteiger partial charge in [0.05, 0.1) is 11.4 Å². The molecule has 2 heterocycles. The lowest BCUT2D eigenvalue weighted by molar-refractivity contribution is 0.714. The second-order valence-electron chi connectivity index (χ2n) is 16.6. The molecule has 2 nitrogen and oxygen atoms in total. The van der Waals surface area contributed by atoms with Crippen LogP contribution in [0.5, 0.6) is 0 Å². The fraction of sp³-hybridized carbons (Fsp3) is 0.0333. The molecule has 296 valence electrons. The summed E-state index contributed by atoms with van der Waals surface area (Å²) >= 11 is 1.85. The molecule has 0 bridgehead atoms. The summed E-state index contributed by atoms with van der Waals surface area (Å²) in [6.45, 7) is 2.37. The number of hydrogen-bond donors (Lipinski definition) is 0. The third-order valence-electron chi connectivity index (χ3n) is 13.0. The number of thiophene rings is 1. The molecule has 0 radical (unpaired) electrons. The molecule has 3 heteroatoms. The van der Waals surface area contributed by atoms with Crippen molar-refractivity contribution >= 4 is 31.5 Å². The first-order valence-electron chi connectivity index (χ1n) is 21.6. The van der Waals surface area contributed by atoms with Crippen LogP contribution in [0.4, 0.5) is 0 Å². The van der Waals surface area contributed by atoms with Gasteiger partial charge in [0.2, 0.25) is 0 Å². The Kier molecular flexibility index (Phi) is 8.84. The van der Waals surface area contributed by atoms with E-state index in [1.807, 2.05) is 17.4 Å². The molecule has 11 aromatic rings. The summed E-state index contributed by atoms with van der Waals surface area (Å²) in [6.07, 6.45) is 0. The minimum absolute atomic E-state index is 0.328. The van der Waals surface area contributed by atoms with E-state index < -0.39 is 0 Å². The van der Waals surface area contributed by atoms with Crippen molar-refractivity contribution in [3.05, 3.63) is 241 Å². The lowest BCUT2D eigenvalue weighted by Crippen LogP contribution is -2.22. The first-order chi connectivity index (χ1) is 31.1. The minimum atomic E-state index is -0.328. The zero-order valence-electron chi connectivity index (χ0n) is 34.7. The molecule has 0 fully saturated rings. The maximum atomic E-state index is 5.44. The molecule has 63 heavy (non-hydrogen) atoms. The third-order valence-corrected chi connectivity index (χ3v) is 14.1. The van der Waals surface area contributed by atoms with E-state index >= 15 is 0 Å². The smallest absolute Gasteiger partial charge is 0.160 e. The molecule has 0 saturated heterocycles. The maximum absolute atomic E-state index is 5.44. The number of hydrogen-bond acceptors (Lipinski definition) is 3. The van der Waals surface area contributed by atoms with E-state index in [0.717, 1.165) is 39.2 Å². The van der Waals surface area contributed by atoms with Crippen molar-refractivity contribution in [2.45, 2.75) is 12.3 Å². The molecule has 0 aliphatic heterocycles. The van der Waals surface area contributed by atoms with Crippen molar-refractivity contribution in [1.82, 2.24) is 9.97 Å². The van der Waals surface area contributed by atoms with Gasteiger partial charge < -0.3 is 0 Å². The Balaban J connectivity index is 1.11. The number of benzene rings is 9. The van der Waals surface area contributed by atoms with Crippen molar-refractivity contribution in [3.8, 4) is 78.4 Å². The quantitative estimate of drug-likeness (QED) is 0.160. The highest BCUT2D eigenvalue weighted by atomic mass is 32.1. The Bertz CT molecular complexity index is 3520. The highest BCUT2D eigenvalue weighted by Crippen LogP contribution is 2.55. The number of rotatable bonds is 7. The van der Waals surface area contributed by atoms with Gasteiger partial charge in [-0.25, -0.2) is 9.97 Å². The predicted octanol–water partition coefficient (Wildman–Crippen LogP) is 16.2. The molecule has 0 amide bonds. The molecule has 9 aromatic carbocycles. The van der Waals surface area contributed by atoms with Gasteiger partial charge in [-0.15, -0.1) is 11.3 Å². The average Bonchev–Trinajstić information content (AvgIpc) is 3.87. The largest absolute Gasteiger partial charge is 0.228 e. The van der Waals surface area contributed by atoms with E-state index in [-0.39, 0.29) is 5.41 Å². The lowest BCUT2D eigenvalue weighted by atomic mass is 9.74. The van der Waals surface area contributed by atoms with Crippen LogP contribution in [-0.2, 0) is 5.41 Å². The Morgan fingerprint density at radius 3 is 1.71 bits per heavy atom. The molecule has 1 aliphatic rings. The summed E-state index contributed by atoms with van der Waals surface area (Å²) in [5.74, 6) is 0.695. The molecule has 0 saturated carbocycles. The van der Waals surface area contributed by atoms with Gasteiger partial charge in [0.15, 0.2) is 5.82 Å². The van der Waals surface area contributed by atoms with E-state index in [9.17, 15) is 0 Å². The van der Waals surface area contributed by atoms with Crippen LogP contribution in [0.2, 0.25) is 0 Å². The van der Waals surface area contributed by atoms with Crippen LogP contribution < -0.4 is 0 Å². The summed E-state index contributed by atoms with van der Waals surface area (Å²) in [6, 6.07) is 81.3. The molecule has 1 atom stereocenters. The SMILES string of the molecule is CC1(c2ccccc2)c2ccccc2-c2c(-c3cc(-c4cc(-c5ccc6sc7ccccc7c6c5)cc(-c5ccccc5-c5ccccc5)c4)nc(-c4ccccc4)n3)cccc21. The van der Waals surface area contributed by atoms with E-state index in [4.69, 9.17) is 9.97 Å². The molecule has 12 rings (SSSR count). The van der Waals surface area contributed by atoms with Gasteiger partial charge in [0, 0.05) is 42.3 Å². The van der Waals surface area contributed by atoms with Gasteiger partial charge in [-0.05, 0) is 111 Å².